The van der Waals surface area contributed by atoms with E-state index in [1.165, 1.54) is 6.34 Å². The molecule has 1 fully saturated rings. The molecule has 0 unspecified atom stereocenters. The van der Waals surface area contributed by atoms with Gasteiger partial charge in [0.05, 0.1) is 27.4 Å². The molecule has 2 aromatic rings. The summed E-state index contributed by atoms with van der Waals surface area (Å²) < 4.78 is 42.5. The number of nitrogens with zero attached hydrogens (tertiary/aromatic N) is 5. The molecular formula is C18H14Cl2F3N5O3. The van der Waals surface area contributed by atoms with Crippen LogP contribution in [0, 0.1) is 11.3 Å². The van der Waals surface area contributed by atoms with Crippen LogP contribution in [0.5, 0.6) is 5.75 Å². The molecule has 1 aliphatic carbocycles. The van der Waals surface area contributed by atoms with Gasteiger partial charge >= 0.3 is 12.3 Å². The molecule has 1 N–H and O–H groups in total. The minimum absolute atomic E-state index is 0.0153. The molecule has 3 rings (SSSR count). The third kappa shape index (κ3) is 4.40. The molecule has 1 aromatic carbocycles. The van der Waals surface area contributed by atoms with Gasteiger partial charge in [-0.1, -0.05) is 23.2 Å². The van der Waals surface area contributed by atoms with Crippen LogP contribution in [0.3, 0.4) is 0 Å². The lowest BCUT2D eigenvalue weighted by molar-refractivity contribution is -0.274. The van der Waals surface area contributed by atoms with Gasteiger partial charge in [-0.2, -0.15) is 10.4 Å². The first kappa shape index (κ1) is 22.7. The first-order valence-electron chi connectivity index (χ1n) is 8.62. The van der Waals surface area contributed by atoms with E-state index < -0.39 is 23.5 Å². The number of carbonyl (C=O) groups is 1. The van der Waals surface area contributed by atoms with Crippen molar-refractivity contribution in [1.82, 2.24) is 14.7 Å². The molecule has 0 saturated heterocycles. The van der Waals surface area contributed by atoms with Gasteiger partial charge in [-0.15, -0.1) is 13.2 Å². The Balaban J connectivity index is 2.26. The molecule has 8 nitrogen and oxygen atoms in total. The third-order valence-electron chi connectivity index (χ3n) is 4.45. The predicted octanol–water partition coefficient (Wildman–Crippen LogP) is 4.29. The maximum absolute atomic E-state index is 12.5. The Hall–Kier alpha value is -2.97. The van der Waals surface area contributed by atoms with Crippen LogP contribution in [0.15, 0.2) is 17.1 Å². The molecule has 0 radical (unpaired) electrons. The average molecular weight is 476 g/mol. The van der Waals surface area contributed by atoms with Crippen molar-refractivity contribution in [2.75, 3.05) is 14.1 Å². The second-order valence-electron chi connectivity index (χ2n) is 6.95. The highest BCUT2D eigenvalue weighted by molar-refractivity contribution is 6.38. The highest BCUT2D eigenvalue weighted by atomic mass is 35.5. The van der Waals surface area contributed by atoms with Gasteiger partial charge in [0, 0.05) is 26.2 Å². The van der Waals surface area contributed by atoms with Gasteiger partial charge in [-0.3, -0.25) is 4.79 Å². The summed E-state index contributed by atoms with van der Waals surface area (Å²) in [6.45, 7) is 0. The number of halogens is 5. The molecule has 1 saturated carbocycles. The minimum Gasteiger partial charge on any atom is -0.481 e. The summed E-state index contributed by atoms with van der Waals surface area (Å²) in [6, 6.07) is 3.62. The Labute approximate surface area is 184 Å². The van der Waals surface area contributed by atoms with E-state index in [1.807, 2.05) is 6.07 Å². The van der Waals surface area contributed by atoms with Gasteiger partial charge in [0.15, 0.2) is 11.5 Å². The fraction of sp³-hybridized carbons (Fsp3) is 0.333. The summed E-state index contributed by atoms with van der Waals surface area (Å²) in [6.07, 6.45) is -3.05. The molecule has 0 amide bonds. The SMILES string of the molecule is CN(C)C=Nc1c(C2(C(=O)O)CC2)c(C#N)nn1-c1c(Cl)cc(OC(F)(F)F)cc1Cl. The Bertz CT molecular complexity index is 1090. The summed E-state index contributed by atoms with van der Waals surface area (Å²) in [5, 5.41) is 22.9. The lowest BCUT2D eigenvalue weighted by Gasteiger charge is -2.15. The summed E-state index contributed by atoms with van der Waals surface area (Å²) >= 11 is 12.4. The van der Waals surface area contributed by atoms with Crippen molar-refractivity contribution in [1.29, 1.82) is 5.26 Å². The zero-order valence-electron chi connectivity index (χ0n) is 16.0. The Morgan fingerprint density at radius 3 is 2.39 bits per heavy atom. The molecule has 1 aliphatic rings. The molecule has 0 atom stereocenters. The number of aliphatic carboxylic acids is 1. The maximum Gasteiger partial charge on any atom is 0.573 e. The van der Waals surface area contributed by atoms with E-state index in [0.29, 0.717) is 0 Å². The van der Waals surface area contributed by atoms with Crippen molar-refractivity contribution in [3.63, 3.8) is 0 Å². The number of rotatable bonds is 6. The van der Waals surface area contributed by atoms with E-state index >= 15 is 0 Å². The van der Waals surface area contributed by atoms with Gasteiger partial charge in [-0.25, -0.2) is 9.67 Å². The zero-order chi connectivity index (χ0) is 23.1. The quantitative estimate of drug-likeness (QED) is 0.493. The average Bonchev–Trinajstić information content (AvgIpc) is 3.35. The molecule has 31 heavy (non-hydrogen) atoms. The van der Waals surface area contributed by atoms with Crippen LogP contribution in [0.25, 0.3) is 5.69 Å². The van der Waals surface area contributed by atoms with E-state index in [0.717, 1.165) is 16.8 Å². The van der Waals surface area contributed by atoms with Gasteiger partial charge < -0.3 is 14.7 Å². The molecule has 164 valence electrons. The molecule has 0 aliphatic heterocycles. The first-order valence-corrected chi connectivity index (χ1v) is 9.38. The molecule has 13 heteroatoms. The maximum atomic E-state index is 12.5. The number of carboxylic acid groups (broad SMARTS) is 1. The van der Waals surface area contributed by atoms with Gasteiger partial charge in [-0.05, 0) is 12.8 Å². The number of benzene rings is 1. The number of aliphatic imine (C=N–C) groups is 1. The van der Waals surface area contributed by atoms with Gasteiger partial charge in [0.2, 0.25) is 0 Å². The zero-order valence-corrected chi connectivity index (χ0v) is 17.5. The van der Waals surface area contributed by atoms with Gasteiger partial charge in [0.1, 0.15) is 17.5 Å². The van der Waals surface area contributed by atoms with Crippen LogP contribution < -0.4 is 4.74 Å². The van der Waals surface area contributed by atoms with Crippen molar-refractivity contribution < 1.29 is 27.8 Å². The number of ether oxygens (including phenoxy) is 1. The predicted molar refractivity (Wildman–Crippen MR) is 105 cm³/mol. The summed E-state index contributed by atoms with van der Waals surface area (Å²) in [4.78, 5) is 17.7. The molecule has 1 heterocycles. The smallest absolute Gasteiger partial charge is 0.481 e. The van der Waals surface area contributed by atoms with Crippen LogP contribution >= 0.6 is 23.2 Å². The van der Waals surface area contributed by atoms with E-state index in [9.17, 15) is 28.3 Å². The summed E-state index contributed by atoms with van der Waals surface area (Å²) in [5.41, 5.74) is -1.54. The van der Waals surface area contributed by atoms with Crippen molar-refractivity contribution in [3.05, 3.63) is 33.4 Å². The number of carboxylic acids is 1. The number of hydrogen-bond acceptors (Lipinski definition) is 5. The van der Waals surface area contributed by atoms with Crippen LogP contribution in [-0.4, -0.2) is 52.6 Å². The van der Waals surface area contributed by atoms with E-state index in [-0.39, 0.29) is 45.6 Å². The Morgan fingerprint density at radius 2 is 1.97 bits per heavy atom. The molecule has 0 bridgehead atoms. The highest BCUT2D eigenvalue weighted by Gasteiger charge is 2.56. The normalized spacial score (nSPS) is 15.0. The number of hydrogen-bond donors (Lipinski definition) is 1. The molecule has 0 spiro atoms. The summed E-state index contributed by atoms with van der Waals surface area (Å²) in [5.74, 6) is -1.81. The summed E-state index contributed by atoms with van der Waals surface area (Å²) in [7, 11) is 3.34. The second kappa shape index (κ2) is 7.94. The minimum atomic E-state index is -4.96. The van der Waals surface area contributed by atoms with Crippen LogP contribution in [0.1, 0.15) is 24.1 Å². The fourth-order valence-electron chi connectivity index (χ4n) is 3.01. The highest BCUT2D eigenvalue weighted by Crippen LogP contribution is 2.53. The lowest BCUT2D eigenvalue weighted by Crippen LogP contribution is -2.20. The molecular weight excluding hydrogens is 462 g/mol. The first-order chi connectivity index (χ1) is 14.4. The largest absolute Gasteiger partial charge is 0.573 e. The van der Waals surface area contributed by atoms with Crippen LogP contribution in [0.2, 0.25) is 10.0 Å². The van der Waals surface area contributed by atoms with Crippen molar-refractivity contribution >= 4 is 41.3 Å². The molecule has 1 aromatic heterocycles. The van der Waals surface area contributed by atoms with Crippen molar-refractivity contribution in [2.24, 2.45) is 4.99 Å². The van der Waals surface area contributed by atoms with Crippen LogP contribution in [0.4, 0.5) is 19.0 Å². The van der Waals surface area contributed by atoms with E-state index in [1.54, 1.807) is 19.0 Å². The van der Waals surface area contributed by atoms with Gasteiger partial charge in [0.25, 0.3) is 0 Å². The topological polar surface area (TPSA) is 104 Å². The van der Waals surface area contributed by atoms with Crippen molar-refractivity contribution in [2.45, 2.75) is 24.6 Å². The monoisotopic (exact) mass is 475 g/mol. The van der Waals surface area contributed by atoms with E-state index in [4.69, 9.17) is 23.2 Å². The van der Waals surface area contributed by atoms with Crippen molar-refractivity contribution in [3.8, 4) is 17.5 Å². The number of aromatic nitrogens is 2. The Kier molecular flexibility index (Phi) is 5.82. The standard InChI is InChI=1S/C18H14Cl2F3N5O3/c1-27(2)8-25-15-13(17(3-4-17)16(29)30)12(7-24)26-28(15)14-10(19)5-9(6-11(14)20)31-18(21,22)23/h5-6,8H,3-4H2,1-2H3,(H,29,30). The lowest BCUT2D eigenvalue weighted by atomic mass is 9.95. The second-order valence-corrected chi connectivity index (χ2v) is 7.76. The third-order valence-corrected chi connectivity index (χ3v) is 5.03. The number of alkyl halides is 3. The van der Waals surface area contributed by atoms with Crippen LogP contribution in [-0.2, 0) is 10.2 Å². The Morgan fingerprint density at radius 1 is 1.39 bits per heavy atom. The number of nitriles is 1. The van der Waals surface area contributed by atoms with E-state index in [2.05, 4.69) is 14.8 Å². The fourth-order valence-corrected chi connectivity index (χ4v) is 3.63.